The van der Waals surface area contributed by atoms with Crippen LogP contribution in [0.2, 0.25) is 10.0 Å². The Labute approximate surface area is 185 Å². The number of oxime groups is 1. The normalized spacial score (nSPS) is 11.0. The van der Waals surface area contributed by atoms with Gasteiger partial charge in [0.1, 0.15) is 13.2 Å². The second kappa shape index (κ2) is 11.4. The van der Waals surface area contributed by atoms with Gasteiger partial charge in [-0.2, -0.15) is 4.91 Å². The monoisotopic (exact) mass is 444 g/mol. The Kier molecular flexibility index (Phi) is 8.30. The molecule has 0 spiro atoms. The topological polar surface area (TPSA) is 58.8 Å². The standard InChI is InChI=1S/C22H22Cl2N4O2/c23-21-3-1-4-22(24)20(21)17-30-26-16-19-7-13-28(14-8-19)10-2-9-27-11-5-18(6-12-27)15-25-29/h1,3-8,11-14,16H,2,9-10,15,17H2/q+2/b26-16+. The van der Waals surface area contributed by atoms with Gasteiger partial charge in [-0.15, -0.1) is 0 Å². The molecule has 0 aliphatic heterocycles. The molecular weight excluding hydrogens is 423 g/mol. The van der Waals surface area contributed by atoms with E-state index in [4.69, 9.17) is 28.0 Å². The quantitative estimate of drug-likeness (QED) is 0.200. The minimum absolute atomic E-state index is 0.213. The molecule has 0 aliphatic rings. The van der Waals surface area contributed by atoms with E-state index < -0.39 is 0 Å². The van der Waals surface area contributed by atoms with Crippen molar-refractivity contribution >= 4 is 29.4 Å². The molecule has 0 saturated heterocycles. The Balaban J connectivity index is 1.43. The number of nitrogens with zero attached hydrogens (tertiary/aromatic N) is 4. The maximum Gasteiger partial charge on any atom is 0.169 e. The van der Waals surface area contributed by atoms with Crippen LogP contribution in [-0.2, 0) is 31.1 Å². The first kappa shape index (κ1) is 21.9. The van der Waals surface area contributed by atoms with E-state index in [2.05, 4.69) is 19.5 Å². The molecule has 0 bridgehead atoms. The number of benzene rings is 1. The van der Waals surface area contributed by atoms with Crippen LogP contribution in [0.1, 0.15) is 23.1 Å². The van der Waals surface area contributed by atoms with E-state index in [1.165, 1.54) is 0 Å². The Hall–Kier alpha value is -2.83. The van der Waals surface area contributed by atoms with E-state index in [1.807, 2.05) is 49.1 Å². The van der Waals surface area contributed by atoms with Gasteiger partial charge in [0.05, 0.1) is 12.6 Å². The Morgan fingerprint density at radius 2 is 1.50 bits per heavy atom. The summed E-state index contributed by atoms with van der Waals surface area (Å²) in [4.78, 5) is 15.6. The molecule has 0 aliphatic carbocycles. The average Bonchev–Trinajstić information content (AvgIpc) is 2.75. The molecule has 0 radical (unpaired) electrons. The number of hydrogen-bond donors (Lipinski definition) is 0. The maximum atomic E-state index is 10.3. The molecule has 0 atom stereocenters. The fourth-order valence-electron chi connectivity index (χ4n) is 2.83. The lowest BCUT2D eigenvalue weighted by Gasteiger charge is -2.04. The molecule has 0 fully saturated rings. The van der Waals surface area contributed by atoms with Crippen molar-refractivity contribution < 1.29 is 14.0 Å². The fraction of sp³-hybridized carbons (Fsp3) is 0.227. The molecule has 1 aromatic carbocycles. The van der Waals surface area contributed by atoms with Crippen LogP contribution < -0.4 is 9.13 Å². The Bertz CT molecular complexity index is 973. The van der Waals surface area contributed by atoms with Crippen molar-refractivity contribution in [1.82, 2.24) is 0 Å². The highest BCUT2D eigenvalue weighted by Crippen LogP contribution is 2.24. The van der Waals surface area contributed by atoms with Crippen molar-refractivity contribution in [3.63, 3.8) is 0 Å². The summed E-state index contributed by atoms with van der Waals surface area (Å²) in [5.74, 6) is 0. The average molecular weight is 445 g/mol. The minimum atomic E-state index is 0.213. The van der Waals surface area contributed by atoms with Crippen LogP contribution >= 0.6 is 23.2 Å². The van der Waals surface area contributed by atoms with Gasteiger partial charge in [0, 0.05) is 45.4 Å². The lowest BCUT2D eigenvalue weighted by molar-refractivity contribution is -0.726. The Morgan fingerprint density at radius 1 is 0.900 bits per heavy atom. The fourth-order valence-corrected chi connectivity index (χ4v) is 3.33. The molecule has 0 N–H and O–H groups in total. The van der Waals surface area contributed by atoms with Crippen molar-refractivity contribution in [2.75, 3.05) is 0 Å². The van der Waals surface area contributed by atoms with E-state index in [9.17, 15) is 4.91 Å². The van der Waals surface area contributed by atoms with E-state index in [0.717, 1.165) is 36.2 Å². The summed E-state index contributed by atoms with van der Waals surface area (Å²) < 4.78 is 4.21. The van der Waals surface area contributed by atoms with Gasteiger partial charge < -0.3 is 4.84 Å². The minimum Gasteiger partial charge on any atom is -0.391 e. The predicted octanol–water partition coefficient (Wildman–Crippen LogP) is 4.48. The summed E-state index contributed by atoms with van der Waals surface area (Å²) in [6.45, 7) is 2.21. The molecule has 0 unspecified atom stereocenters. The lowest BCUT2D eigenvalue weighted by Crippen LogP contribution is -2.38. The molecule has 6 nitrogen and oxygen atoms in total. The first-order chi connectivity index (χ1) is 14.7. The lowest BCUT2D eigenvalue weighted by atomic mass is 10.2. The van der Waals surface area contributed by atoms with Gasteiger partial charge in [-0.05, 0) is 17.7 Å². The molecule has 30 heavy (non-hydrogen) atoms. The molecule has 3 rings (SSSR count). The van der Waals surface area contributed by atoms with Gasteiger partial charge >= 0.3 is 0 Å². The zero-order valence-corrected chi connectivity index (χ0v) is 17.8. The number of hydrogen-bond acceptors (Lipinski definition) is 4. The van der Waals surface area contributed by atoms with Gasteiger partial charge in [-0.25, -0.2) is 9.13 Å². The molecular formula is C22H22Cl2N4O2+2. The van der Waals surface area contributed by atoms with Crippen molar-refractivity contribution in [2.45, 2.75) is 32.7 Å². The SMILES string of the molecule is O=NCc1cc[n+](CCC[n+]2ccc(/C=N/OCc3c(Cl)cccc3Cl)cc2)cc1. The number of halogens is 2. The first-order valence-electron chi connectivity index (χ1n) is 9.50. The van der Waals surface area contributed by atoms with Crippen LogP contribution in [0.5, 0.6) is 0 Å². The van der Waals surface area contributed by atoms with E-state index in [-0.39, 0.29) is 13.2 Å². The highest BCUT2D eigenvalue weighted by molar-refractivity contribution is 6.35. The molecule has 8 heteroatoms. The van der Waals surface area contributed by atoms with Crippen LogP contribution in [0.3, 0.4) is 0 Å². The van der Waals surface area contributed by atoms with E-state index in [0.29, 0.717) is 10.0 Å². The summed E-state index contributed by atoms with van der Waals surface area (Å²) in [5, 5.41) is 8.01. The molecule has 0 saturated carbocycles. The highest BCUT2D eigenvalue weighted by atomic mass is 35.5. The summed E-state index contributed by atoms with van der Waals surface area (Å²) in [5.41, 5.74) is 2.58. The zero-order valence-electron chi connectivity index (χ0n) is 16.3. The highest BCUT2D eigenvalue weighted by Gasteiger charge is 2.06. The molecule has 2 aromatic heterocycles. The van der Waals surface area contributed by atoms with Crippen molar-refractivity contribution in [1.29, 1.82) is 0 Å². The molecule has 2 heterocycles. The molecule has 3 aromatic rings. The third kappa shape index (κ3) is 6.61. The second-order valence-corrected chi connectivity index (χ2v) is 7.48. The third-order valence-corrected chi connectivity index (χ3v) is 5.21. The zero-order chi connectivity index (χ0) is 21.2. The van der Waals surface area contributed by atoms with E-state index >= 15 is 0 Å². The van der Waals surface area contributed by atoms with Gasteiger partial charge in [0.25, 0.3) is 0 Å². The van der Waals surface area contributed by atoms with Gasteiger partial charge in [0.15, 0.2) is 37.9 Å². The summed E-state index contributed by atoms with van der Waals surface area (Å²) in [6.07, 6.45) is 10.6. The summed E-state index contributed by atoms with van der Waals surface area (Å²) in [6, 6.07) is 13.1. The van der Waals surface area contributed by atoms with Gasteiger partial charge in [0.2, 0.25) is 0 Å². The number of pyridine rings is 2. The van der Waals surface area contributed by atoms with Crippen LogP contribution in [-0.4, -0.2) is 6.21 Å². The largest absolute Gasteiger partial charge is 0.391 e. The van der Waals surface area contributed by atoms with Crippen LogP contribution in [0, 0.1) is 4.91 Å². The number of rotatable bonds is 10. The first-order valence-corrected chi connectivity index (χ1v) is 10.3. The second-order valence-electron chi connectivity index (χ2n) is 6.66. The van der Waals surface area contributed by atoms with Crippen molar-refractivity contribution in [3.05, 3.63) is 98.9 Å². The van der Waals surface area contributed by atoms with Crippen LogP contribution in [0.15, 0.2) is 77.6 Å². The summed E-state index contributed by atoms with van der Waals surface area (Å²) >= 11 is 12.2. The van der Waals surface area contributed by atoms with Gasteiger partial charge in [-0.1, -0.05) is 39.6 Å². The van der Waals surface area contributed by atoms with Crippen molar-refractivity contribution in [3.8, 4) is 0 Å². The Morgan fingerprint density at radius 3 is 2.10 bits per heavy atom. The number of aromatic nitrogens is 2. The number of nitroso groups, excluding NO2 is 1. The van der Waals surface area contributed by atoms with Crippen LogP contribution in [0.25, 0.3) is 0 Å². The molecule has 0 amide bonds. The number of aryl methyl sites for hydroxylation is 2. The van der Waals surface area contributed by atoms with Crippen molar-refractivity contribution in [2.24, 2.45) is 10.3 Å². The molecule has 154 valence electrons. The maximum absolute atomic E-state index is 10.3. The van der Waals surface area contributed by atoms with Crippen LogP contribution in [0.4, 0.5) is 0 Å². The smallest absolute Gasteiger partial charge is 0.169 e. The summed E-state index contributed by atoms with van der Waals surface area (Å²) in [7, 11) is 0. The van der Waals surface area contributed by atoms with E-state index in [1.54, 1.807) is 24.4 Å². The predicted molar refractivity (Wildman–Crippen MR) is 116 cm³/mol. The third-order valence-electron chi connectivity index (χ3n) is 4.50. The van der Waals surface area contributed by atoms with Gasteiger partial charge in [-0.3, -0.25) is 0 Å².